The Kier molecular flexibility index (Phi) is 4.20. The molecule has 1 aromatic carbocycles. The number of ether oxygens (including phenoxy) is 1. The molecule has 0 heterocycles. The van der Waals surface area contributed by atoms with E-state index in [1.807, 2.05) is 0 Å². The molecule has 0 aliphatic rings. The van der Waals surface area contributed by atoms with Gasteiger partial charge < -0.3 is 15.6 Å². The largest absolute Gasteiger partial charge is 0.478 e. The average Bonchev–Trinajstić information content (AvgIpc) is 2.12. The number of hydrogen-bond acceptors (Lipinski definition) is 3. The van der Waals surface area contributed by atoms with Gasteiger partial charge in [0.15, 0.2) is 0 Å². The summed E-state index contributed by atoms with van der Waals surface area (Å²) in [5, 5.41) is 9.45. The summed E-state index contributed by atoms with van der Waals surface area (Å²) in [4.78, 5) is 10.6. The fourth-order valence-electron chi connectivity index (χ4n) is 0.960. The molecule has 0 radical (unpaired) electrons. The van der Waals surface area contributed by atoms with Gasteiger partial charge in [-0.2, -0.15) is 0 Å². The molecule has 0 spiro atoms. The molecule has 0 saturated carbocycles. The van der Waals surface area contributed by atoms with Crippen molar-refractivity contribution in [3.8, 4) is 5.75 Å². The third-order valence-electron chi connectivity index (χ3n) is 1.60. The summed E-state index contributed by atoms with van der Waals surface area (Å²) in [7, 11) is 0. The maximum atomic E-state index is 10.6. The fourth-order valence-corrected chi connectivity index (χ4v) is 1.47. The third-order valence-corrected chi connectivity index (χ3v) is 2.04. The average molecular weight is 250 g/mol. The van der Waals surface area contributed by atoms with Gasteiger partial charge in [-0.25, -0.2) is 4.79 Å². The number of nitrogens with two attached hydrogens (primary N) is 1. The summed E-state index contributed by atoms with van der Waals surface area (Å²) in [6.07, 6.45) is -1.10. The van der Waals surface area contributed by atoms with E-state index >= 15 is 0 Å². The Hall–Kier alpha value is -0.970. The van der Waals surface area contributed by atoms with Crippen LogP contribution in [-0.4, -0.2) is 23.7 Å². The van der Waals surface area contributed by atoms with Crippen molar-refractivity contribution in [3.63, 3.8) is 0 Å². The van der Waals surface area contributed by atoms with Crippen LogP contribution in [0.2, 0.25) is 10.0 Å². The SMILES string of the molecule is NC[C@H](Oc1cc(Cl)cc(Cl)c1)C(=O)O. The van der Waals surface area contributed by atoms with Crippen LogP contribution in [0.3, 0.4) is 0 Å². The van der Waals surface area contributed by atoms with Crippen LogP contribution in [0.4, 0.5) is 0 Å². The first-order valence-corrected chi connectivity index (χ1v) is 4.84. The van der Waals surface area contributed by atoms with Crippen LogP contribution in [0, 0.1) is 0 Å². The molecule has 3 N–H and O–H groups in total. The summed E-state index contributed by atoms with van der Waals surface area (Å²) in [6, 6.07) is 4.46. The predicted octanol–water partition coefficient (Wildman–Crippen LogP) is 1.78. The summed E-state index contributed by atoms with van der Waals surface area (Å²) < 4.78 is 5.09. The third kappa shape index (κ3) is 3.58. The predicted molar refractivity (Wildman–Crippen MR) is 57.6 cm³/mol. The van der Waals surface area contributed by atoms with Crippen molar-refractivity contribution in [3.05, 3.63) is 28.2 Å². The molecule has 0 unspecified atom stereocenters. The van der Waals surface area contributed by atoms with E-state index in [2.05, 4.69) is 0 Å². The van der Waals surface area contributed by atoms with Gasteiger partial charge >= 0.3 is 5.97 Å². The molecule has 1 atom stereocenters. The number of halogens is 2. The lowest BCUT2D eigenvalue weighted by Crippen LogP contribution is -2.34. The number of hydrogen-bond donors (Lipinski definition) is 2. The Morgan fingerprint density at radius 2 is 1.93 bits per heavy atom. The van der Waals surface area contributed by atoms with E-state index < -0.39 is 12.1 Å². The van der Waals surface area contributed by atoms with Gasteiger partial charge in [-0.1, -0.05) is 23.2 Å². The molecule has 0 fully saturated rings. The van der Waals surface area contributed by atoms with Gasteiger partial charge in [0.05, 0.1) is 0 Å². The van der Waals surface area contributed by atoms with Gasteiger partial charge in [-0.3, -0.25) is 0 Å². The fraction of sp³-hybridized carbons (Fsp3) is 0.222. The van der Waals surface area contributed by atoms with Crippen LogP contribution in [-0.2, 0) is 4.79 Å². The highest BCUT2D eigenvalue weighted by atomic mass is 35.5. The maximum Gasteiger partial charge on any atom is 0.346 e. The molecule has 0 amide bonds. The lowest BCUT2D eigenvalue weighted by molar-refractivity contribution is -0.144. The molecular formula is C9H9Cl2NO3. The highest BCUT2D eigenvalue weighted by Gasteiger charge is 2.17. The van der Waals surface area contributed by atoms with E-state index in [-0.39, 0.29) is 12.3 Å². The summed E-state index contributed by atoms with van der Waals surface area (Å²) in [5.41, 5.74) is 5.23. The van der Waals surface area contributed by atoms with Crippen LogP contribution in [0.5, 0.6) is 5.75 Å². The molecule has 82 valence electrons. The van der Waals surface area contributed by atoms with Crippen LogP contribution in [0.1, 0.15) is 0 Å². The second-order valence-electron chi connectivity index (χ2n) is 2.79. The molecular weight excluding hydrogens is 241 g/mol. The monoisotopic (exact) mass is 249 g/mol. The number of carboxylic acids is 1. The molecule has 1 aromatic rings. The Morgan fingerprint density at radius 3 is 2.33 bits per heavy atom. The van der Waals surface area contributed by atoms with Gasteiger partial charge in [0.1, 0.15) is 5.75 Å². The summed E-state index contributed by atoms with van der Waals surface area (Å²) in [5.74, 6) is -0.848. The van der Waals surface area contributed by atoms with E-state index in [1.165, 1.54) is 18.2 Å². The lowest BCUT2D eigenvalue weighted by atomic mass is 10.3. The number of carboxylic acid groups (broad SMARTS) is 1. The summed E-state index contributed by atoms with van der Waals surface area (Å²) in [6.45, 7) is -0.126. The molecule has 6 heteroatoms. The second-order valence-corrected chi connectivity index (χ2v) is 3.66. The highest BCUT2D eigenvalue weighted by Crippen LogP contribution is 2.24. The van der Waals surface area contributed by atoms with Gasteiger partial charge in [-0.05, 0) is 18.2 Å². The minimum absolute atomic E-state index is 0.126. The van der Waals surface area contributed by atoms with Crippen molar-refractivity contribution >= 4 is 29.2 Å². The Balaban J connectivity index is 2.83. The van der Waals surface area contributed by atoms with Crippen molar-refractivity contribution in [2.45, 2.75) is 6.10 Å². The quantitative estimate of drug-likeness (QED) is 0.854. The van der Waals surface area contributed by atoms with Crippen molar-refractivity contribution in [2.24, 2.45) is 5.73 Å². The number of carbonyl (C=O) groups is 1. The molecule has 0 aliphatic carbocycles. The van der Waals surface area contributed by atoms with Gasteiger partial charge in [-0.15, -0.1) is 0 Å². The normalized spacial score (nSPS) is 12.2. The Labute approximate surface area is 96.5 Å². The first-order chi connectivity index (χ1) is 7.02. The van der Waals surface area contributed by atoms with Crippen molar-refractivity contribution in [1.82, 2.24) is 0 Å². The lowest BCUT2D eigenvalue weighted by Gasteiger charge is -2.13. The highest BCUT2D eigenvalue weighted by molar-refractivity contribution is 6.34. The zero-order valence-corrected chi connectivity index (χ0v) is 9.13. The number of aliphatic carboxylic acids is 1. The van der Waals surface area contributed by atoms with Gasteiger partial charge in [0.2, 0.25) is 6.10 Å². The van der Waals surface area contributed by atoms with Crippen molar-refractivity contribution < 1.29 is 14.6 Å². The topological polar surface area (TPSA) is 72.5 Å². The molecule has 0 aliphatic heterocycles. The zero-order chi connectivity index (χ0) is 11.4. The smallest absolute Gasteiger partial charge is 0.346 e. The Morgan fingerprint density at radius 1 is 1.40 bits per heavy atom. The van der Waals surface area contributed by atoms with E-state index in [4.69, 9.17) is 38.8 Å². The maximum absolute atomic E-state index is 10.6. The van der Waals surface area contributed by atoms with Gasteiger partial charge in [0.25, 0.3) is 0 Å². The summed E-state index contributed by atoms with van der Waals surface area (Å²) >= 11 is 11.4. The molecule has 0 saturated heterocycles. The van der Waals surface area contributed by atoms with Crippen LogP contribution < -0.4 is 10.5 Å². The first-order valence-electron chi connectivity index (χ1n) is 4.08. The molecule has 0 aromatic heterocycles. The van der Waals surface area contributed by atoms with Crippen molar-refractivity contribution in [2.75, 3.05) is 6.54 Å². The Bertz CT molecular complexity index is 350. The minimum Gasteiger partial charge on any atom is -0.478 e. The molecule has 4 nitrogen and oxygen atoms in total. The van der Waals surface area contributed by atoms with E-state index in [0.29, 0.717) is 10.0 Å². The minimum atomic E-state index is -1.13. The van der Waals surface area contributed by atoms with Crippen molar-refractivity contribution in [1.29, 1.82) is 0 Å². The molecule has 0 bridgehead atoms. The standard InChI is InChI=1S/C9H9Cl2NO3/c10-5-1-6(11)3-7(2-5)15-8(4-12)9(13)14/h1-3,8H,4,12H2,(H,13,14)/t8-/m0/s1. The molecule has 1 rings (SSSR count). The van der Waals surface area contributed by atoms with Crippen LogP contribution in [0.25, 0.3) is 0 Å². The first kappa shape index (κ1) is 12.1. The number of benzene rings is 1. The van der Waals surface area contributed by atoms with E-state index in [0.717, 1.165) is 0 Å². The van der Waals surface area contributed by atoms with E-state index in [1.54, 1.807) is 0 Å². The van der Waals surface area contributed by atoms with Crippen LogP contribution in [0.15, 0.2) is 18.2 Å². The van der Waals surface area contributed by atoms with Crippen LogP contribution >= 0.6 is 23.2 Å². The number of rotatable bonds is 4. The van der Waals surface area contributed by atoms with Gasteiger partial charge in [0, 0.05) is 16.6 Å². The molecule has 15 heavy (non-hydrogen) atoms. The van der Waals surface area contributed by atoms with E-state index in [9.17, 15) is 4.79 Å². The second kappa shape index (κ2) is 5.21. The zero-order valence-electron chi connectivity index (χ0n) is 7.61.